The zero-order valence-corrected chi connectivity index (χ0v) is 14.4. The van der Waals surface area contributed by atoms with Gasteiger partial charge in [0.25, 0.3) is 5.91 Å². The molecule has 0 aromatic carbocycles. The average molecular weight is 341 g/mol. The number of H-pyrrole nitrogens is 1. The quantitative estimate of drug-likeness (QED) is 0.920. The molecular formula is C18H23N5O2. The molecule has 2 aromatic rings. The van der Waals surface area contributed by atoms with E-state index in [2.05, 4.69) is 19.9 Å². The maximum absolute atomic E-state index is 12.7. The van der Waals surface area contributed by atoms with Gasteiger partial charge in [-0.15, -0.1) is 0 Å². The molecule has 0 spiro atoms. The minimum Gasteiger partial charge on any atom is -0.478 e. The summed E-state index contributed by atoms with van der Waals surface area (Å²) in [6, 6.07) is 5.90. The van der Waals surface area contributed by atoms with Gasteiger partial charge in [0.15, 0.2) is 0 Å². The van der Waals surface area contributed by atoms with Gasteiger partial charge in [0.05, 0.1) is 12.6 Å². The van der Waals surface area contributed by atoms with E-state index in [0.717, 1.165) is 38.3 Å². The molecule has 4 rings (SSSR count). The Bertz CT molecular complexity index is 733. The van der Waals surface area contributed by atoms with Crippen molar-refractivity contribution in [3.63, 3.8) is 0 Å². The first-order valence-corrected chi connectivity index (χ1v) is 8.90. The fourth-order valence-electron chi connectivity index (χ4n) is 3.98. The van der Waals surface area contributed by atoms with Crippen LogP contribution in [0.4, 0.5) is 5.82 Å². The van der Waals surface area contributed by atoms with Gasteiger partial charge in [-0.05, 0) is 37.8 Å². The predicted octanol–water partition coefficient (Wildman–Crippen LogP) is 1.94. The molecule has 7 nitrogen and oxygen atoms in total. The van der Waals surface area contributed by atoms with E-state index in [4.69, 9.17) is 4.74 Å². The summed E-state index contributed by atoms with van der Waals surface area (Å²) in [5, 5.41) is 0. The van der Waals surface area contributed by atoms with Crippen molar-refractivity contribution in [1.29, 1.82) is 0 Å². The van der Waals surface area contributed by atoms with Crippen molar-refractivity contribution in [2.24, 2.45) is 5.92 Å². The number of likely N-dealkylation sites (tertiary alicyclic amines) is 1. The van der Waals surface area contributed by atoms with Crippen LogP contribution in [0.1, 0.15) is 30.3 Å². The number of fused-ring (bicyclic) bond motifs is 1. The highest BCUT2D eigenvalue weighted by Gasteiger charge is 2.41. The van der Waals surface area contributed by atoms with Crippen LogP contribution in [-0.4, -0.2) is 58.0 Å². The molecule has 4 heterocycles. The minimum atomic E-state index is 0.0806. The van der Waals surface area contributed by atoms with Crippen LogP contribution in [0, 0.1) is 5.92 Å². The van der Waals surface area contributed by atoms with Crippen molar-refractivity contribution in [2.45, 2.75) is 25.8 Å². The van der Waals surface area contributed by atoms with E-state index < -0.39 is 0 Å². The van der Waals surface area contributed by atoms with Crippen LogP contribution in [-0.2, 0) is 0 Å². The van der Waals surface area contributed by atoms with Crippen molar-refractivity contribution < 1.29 is 9.53 Å². The number of ether oxygens (including phenoxy) is 1. The number of carbonyl (C=O) groups excluding carboxylic acids is 1. The number of aromatic nitrogens is 3. The maximum atomic E-state index is 12.7. The van der Waals surface area contributed by atoms with Crippen LogP contribution in [0.25, 0.3) is 0 Å². The Balaban J connectivity index is 1.53. The molecule has 2 atom stereocenters. The van der Waals surface area contributed by atoms with Gasteiger partial charge in [-0.3, -0.25) is 4.79 Å². The van der Waals surface area contributed by atoms with Crippen molar-refractivity contribution in [1.82, 2.24) is 19.9 Å². The Labute approximate surface area is 147 Å². The van der Waals surface area contributed by atoms with Crippen LogP contribution in [0.15, 0.2) is 30.7 Å². The van der Waals surface area contributed by atoms with E-state index in [1.807, 2.05) is 30.0 Å². The number of carbonyl (C=O) groups is 1. The normalized spacial score (nSPS) is 22.8. The van der Waals surface area contributed by atoms with Crippen LogP contribution < -0.4 is 9.64 Å². The number of piperidine rings is 1. The number of hydrogen-bond donors (Lipinski definition) is 1. The average Bonchev–Trinajstić information content (AvgIpc) is 3.31. The maximum Gasteiger partial charge on any atom is 0.270 e. The molecule has 2 fully saturated rings. The second kappa shape index (κ2) is 6.74. The smallest absolute Gasteiger partial charge is 0.270 e. The molecule has 25 heavy (non-hydrogen) atoms. The van der Waals surface area contributed by atoms with Crippen LogP contribution in [0.2, 0.25) is 0 Å². The van der Waals surface area contributed by atoms with Crippen molar-refractivity contribution >= 4 is 11.7 Å². The summed E-state index contributed by atoms with van der Waals surface area (Å²) in [6.07, 6.45) is 5.61. The largest absolute Gasteiger partial charge is 0.478 e. The third kappa shape index (κ3) is 3.06. The number of aromatic amines is 1. The molecular weight excluding hydrogens is 318 g/mol. The van der Waals surface area contributed by atoms with E-state index in [1.54, 1.807) is 12.5 Å². The molecule has 1 amide bonds. The monoisotopic (exact) mass is 341 g/mol. The van der Waals surface area contributed by atoms with Gasteiger partial charge in [0.1, 0.15) is 17.8 Å². The number of anilines is 1. The summed E-state index contributed by atoms with van der Waals surface area (Å²) in [6.45, 7) is 5.02. The van der Waals surface area contributed by atoms with Gasteiger partial charge in [-0.25, -0.2) is 9.97 Å². The summed E-state index contributed by atoms with van der Waals surface area (Å²) in [5.41, 5.74) is 0.658. The van der Waals surface area contributed by atoms with Gasteiger partial charge < -0.3 is 19.5 Å². The lowest BCUT2D eigenvalue weighted by Gasteiger charge is -2.37. The van der Waals surface area contributed by atoms with E-state index >= 15 is 0 Å². The summed E-state index contributed by atoms with van der Waals surface area (Å²) < 4.78 is 5.51. The van der Waals surface area contributed by atoms with Gasteiger partial charge in [0, 0.05) is 31.9 Å². The fraction of sp³-hybridized carbons (Fsp3) is 0.500. The second-order valence-corrected chi connectivity index (χ2v) is 6.60. The Morgan fingerprint density at radius 3 is 3.12 bits per heavy atom. The first-order chi connectivity index (χ1) is 12.3. The topological polar surface area (TPSA) is 74.3 Å². The number of hydrogen-bond acceptors (Lipinski definition) is 5. The first kappa shape index (κ1) is 15.9. The Morgan fingerprint density at radius 1 is 1.40 bits per heavy atom. The zero-order chi connectivity index (χ0) is 17.2. The van der Waals surface area contributed by atoms with E-state index in [1.165, 1.54) is 0 Å². The SMILES string of the molecule is CCOc1cc(N2CCC[C@H]3CN(C(=O)c4ccc[nH]4)C[C@H]32)ncn1. The number of nitrogens with zero attached hydrogens (tertiary/aromatic N) is 4. The third-order valence-electron chi connectivity index (χ3n) is 5.11. The Hall–Kier alpha value is -2.57. The summed E-state index contributed by atoms with van der Waals surface area (Å²) >= 11 is 0. The number of nitrogens with one attached hydrogen (secondary N) is 1. The van der Waals surface area contributed by atoms with Gasteiger partial charge in [-0.1, -0.05) is 0 Å². The van der Waals surface area contributed by atoms with Crippen LogP contribution >= 0.6 is 0 Å². The molecule has 2 aliphatic heterocycles. The molecule has 2 aliphatic rings. The van der Waals surface area contributed by atoms with E-state index in [9.17, 15) is 4.79 Å². The predicted molar refractivity (Wildman–Crippen MR) is 93.8 cm³/mol. The fourth-order valence-corrected chi connectivity index (χ4v) is 3.98. The molecule has 0 unspecified atom stereocenters. The molecule has 0 aliphatic carbocycles. The molecule has 132 valence electrons. The molecule has 2 saturated heterocycles. The lowest BCUT2D eigenvalue weighted by Crippen LogP contribution is -2.46. The van der Waals surface area contributed by atoms with Gasteiger partial charge in [-0.2, -0.15) is 0 Å². The Morgan fingerprint density at radius 2 is 2.32 bits per heavy atom. The third-order valence-corrected chi connectivity index (χ3v) is 5.11. The minimum absolute atomic E-state index is 0.0806. The summed E-state index contributed by atoms with van der Waals surface area (Å²) in [5.74, 6) is 2.06. The molecule has 0 bridgehead atoms. The van der Waals surface area contributed by atoms with Crippen molar-refractivity contribution in [3.05, 3.63) is 36.4 Å². The molecule has 0 saturated carbocycles. The first-order valence-electron chi connectivity index (χ1n) is 8.90. The Kier molecular flexibility index (Phi) is 4.29. The standard InChI is InChI=1S/C18H23N5O2/c1-2-25-17-9-16(20-12-21-17)23-8-4-5-13-10-22(11-15(13)23)18(24)14-6-3-7-19-14/h3,6-7,9,12-13,15,19H,2,4-5,8,10-11H2,1H3/t13-,15+/m0/s1. The lowest BCUT2D eigenvalue weighted by molar-refractivity contribution is 0.0781. The lowest BCUT2D eigenvalue weighted by atomic mass is 9.92. The van der Waals surface area contributed by atoms with E-state index in [-0.39, 0.29) is 5.91 Å². The molecule has 2 aromatic heterocycles. The van der Waals surface area contributed by atoms with E-state index in [0.29, 0.717) is 30.1 Å². The van der Waals surface area contributed by atoms with Gasteiger partial charge >= 0.3 is 0 Å². The summed E-state index contributed by atoms with van der Waals surface area (Å²) in [7, 11) is 0. The molecule has 7 heteroatoms. The highest BCUT2D eigenvalue weighted by Crippen LogP contribution is 2.34. The molecule has 0 radical (unpaired) electrons. The highest BCUT2D eigenvalue weighted by atomic mass is 16.5. The summed E-state index contributed by atoms with van der Waals surface area (Å²) in [4.78, 5) is 28.6. The van der Waals surface area contributed by atoms with Crippen LogP contribution in [0.3, 0.4) is 0 Å². The molecule has 1 N–H and O–H groups in total. The number of rotatable bonds is 4. The zero-order valence-electron chi connectivity index (χ0n) is 14.4. The van der Waals surface area contributed by atoms with Crippen molar-refractivity contribution in [2.75, 3.05) is 31.1 Å². The highest BCUT2D eigenvalue weighted by molar-refractivity contribution is 5.92. The van der Waals surface area contributed by atoms with Gasteiger partial charge in [0.2, 0.25) is 5.88 Å². The second-order valence-electron chi connectivity index (χ2n) is 6.60. The van der Waals surface area contributed by atoms with Crippen LogP contribution in [0.5, 0.6) is 5.88 Å². The number of amides is 1. The van der Waals surface area contributed by atoms with Crippen molar-refractivity contribution in [3.8, 4) is 5.88 Å².